The lowest BCUT2D eigenvalue weighted by Crippen LogP contribution is -1.92. The summed E-state index contributed by atoms with van der Waals surface area (Å²) in [6, 6.07) is 6.89. The SMILES string of the molecule is C#CCOc1ccc(N=C(C)C(=C)F)cc1. The van der Waals surface area contributed by atoms with Crippen molar-refractivity contribution in [2.24, 2.45) is 4.99 Å². The number of nitrogens with zero attached hydrogens (tertiary/aromatic N) is 1. The van der Waals surface area contributed by atoms with E-state index in [0.29, 0.717) is 11.4 Å². The van der Waals surface area contributed by atoms with Crippen LogP contribution in [0.25, 0.3) is 0 Å². The molecule has 0 amide bonds. The van der Waals surface area contributed by atoms with Gasteiger partial charge in [-0.2, -0.15) is 0 Å². The second kappa shape index (κ2) is 5.72. The first-order valence-electron chi connectivity index (χ1n) is 4.70. The topological polar surface area (TPSA) is 21.6 Å². The lowest BCUT2D eigenvalue weighted by atomic mass is 10.3. The summed E-state index contributed by atoms with van der Waals surface area (Å²) in [5.41, 5.74) is 0.904. The van der Waals surface area contributed by atoms with Crippen LogP contribution in [0.3, 0.4) is 0 Å². The van der Waals surface area contributed by atoms with Gasteiger partial charge < -0.3 is 4.74 Å². The Kier molecular flexibility index (Phi) is 4.28. The molecule has 0 aliphatic heterocycles. The van der Waals surface area contributed by atoms with Gasteiger partial charge in [-0.25, -0.2) is 4.39 Å². The van der Waals surface area contributed by atoms with Crippen molar-refractivity contribution in [3.63, 3.8) is 0 Å². The van der Waals surface area contributed by atoms with Gasteiger partial charge in [0.1, 0.15) is 18.2 Å². The number of ether oxygens (including phenoxy) is 1. The highest BCUT2D eigenvalue weighted by atomic mass is 19.1. The monoisotopic (exact) mass is 217 g/mol. The van der Waals surface area contributed by atoms with Crippen LogP contribution in [0.15, 0.2) is 41.7 Å². The second-order valence-corrected chi connectivity index (χ2v) is 3.09. The molecule has 16 heavy (non-hydrogen) atoms. The maximum absolute atomic E-state index is 12.7. The first-order valence-corrected chi connectivity index (χ1v) is 4.70. The van der Waals surface area contributed by atoms with Crippen LogP contribution >= 0.6 is 0 Å². The third-order valence-corrected chi connectivity index (χ3v) is 1.85. The molecule has 3 heteroatoms. The van der Waals surface area contributed by atoms with Gasteiger partial charge in [0.2, 0.25) is 0 Å². The first kappa shape index (κ1) is 12.0. The Morgan fingerprint density at radius 1 is 1.50 bits per heavy atom. The molecule has 0 radical (unpaired) electrons. The number of hydrogen-bond donors (Lipinski definition) is 0. The molecular formula is C13H12FNO. The van der Waals surface area contributed by atoms with Gasteiger partial charge in [-0.05, 0) is 31.2 Å². The number of allylic oxidation sites excluding steroid dienone is 1. The molecule has 0 heterocycles. The van der Waals surface area contributed by atoms with Crippen LogP contribution in [0, 0.1) is 12.3 Å². The van der Waals surface area contributed by atoms with Crippen LogP contribution < -0.4 is 4.74 Å². The third kappa shape index (κ3) is 3.58. The molecule has 0 unspecified atom stereocenters. The highest BCUT2D eigenvalue weighted by molar-refractivity contribution is 5.97. The minimum Gasteiger partial charge on any atom is -0.481 e. The van der Waals surface area contributed by atoms with E-state index in [2.05, 4.69) is 17.5 Å². The number of benzene rings is 1. The molecule has 0 fully saturated rings. The van der Waals surface area contributed by atoms with Gasteiger partial charge in [-0.3, -0.25) is 4.99 Å². The summed E-state index contributed by atoms with van der Waals surface area (Å²) >= 11 is 0. The third-order valence-electron chi connectivity index (χ3n) is 1.85. The van der Waals surface area contributed by atoms with E-state index in [1.54, 1.807) is 31.2 Å². The summed E-state index contributed by atoms with van der Waals surface area (Å²) in [5, 5.41) is 0. The maximum Gasteiger partial charge on any atom is 0.148 e. The summed E-state index contributed by atoms with van der Waals surface area (Å²) in [7, 11) is 0. The molecule has 0 saturated carbocycles. The first-order chi connectivity index (χ1) is 7.63. The molecule has 1 aromatic carbocycles. The fourth-order valence-corrected chi connectivity index (χ4v) is 0.996. The number of hydrogen-bond acceptors (Lipinski definition) is 2. The molecule has 0 bridgehead atoms. The highest BCUT2D eigenvalue weighted by Crippen LogP contribution is 2.19. The van der Waals surface area contributed by atoms with Gasteiger partial charge in [0.15, 0.2) is 0 Å². The fraction of sp³-hybridized carbons (Fsp3) is 0.154. The number of rotatable bonds is 4. The zero-order valence-corrected chi connectivity index (χ0v) is 9.03. The molecule has 0 N–H and O–H groups in total. The predicted octanol–water partition coefficient (Wildman–Crippen LogP) is 3.27. The van der Waals surface area contributed by atoms with Gasteiger partial charge in [0.05, 0.1) is 11.4 Å². The average Bonchev–Trinajstić information content (AvgIpc) is 2.28. The van der Waals surface area contributed by atoms with E-state index < -0.39 is 5.83 Å². The zero-order chi connectivity index (χ0) is 12.0. The van der Waals surface area contributed by atoms with E-state index in [0.717, 1.165) is 0 Å². The second-order valence-electron chi connectivity index (χ2n) is 3.09. The minimum atomic E-state index is -0.535. The van der Waals surface area contributed by atoms with Gasteiger partial charge in [0, 0.05) is 0 Å². The van der Waals surface area contributed by atoms with Crippen LogP contribution in [0.1, 0.15) is 6.92 Å². The van der Waals surface area contributed by atoms with Crippen molar-refractivity contribution < 1.29 is 9.13 Å². The Morgan fingerprint density at radius 3 is 2.62 bits per heavy atom. The van der Waals surface area contributed by atoms with Crippen molar-refractivity contribution >= 4 is 11.4 Å². The zero-order valence-electron chi connectivity index (χ0n) is 9.03. The van der Waals surface area contributed by atoms with Crippen molar-refractivity contribution in [2.45, 2.75) is 6.92 Å². The highest BCUT2D eigenvalue weighted by Gasteiger charge is 1.97. The van der Waals surface area contributed by atoms with E-state index in [9.17, 15) is 4.39 Å². The van der Waals surface area contributed by atoms with Gasteiger partial charge >= 0.3 is 0 Å². The molecule has 0 aliphatic carbocycles. The molecular weight excluding hydrogens is 205 g/mol. The summed E-state index contributed by atoms with van der Waals surface area (Å²) in [6.45, 7) is 4.95. The van der Waals surface area contributed by atoms with Gasteiger partial charge in [0.25, 0.3) is 0 Å². The quantitative estimate of drug-likeness (QED) is 0.560. The Balaban J connectivity index is 2.76. The average molecular weight is 217 g/mol. The normalized spacial score (nSPS) is 10.7. The van der Waals surface area contributed by atoms with E-state index in [4.69, 9.17) is 11.2 Å². The molecule has 1 rings (SSSR count). The van der Waals surface area contributed by atoms with E-state index >= 15 is 0 Å². The Morgan fingerprint density at radius 2 is 2.12 bits per heavy atom. The van der Waals surface area contributed by atoms with Crippen LogP contribution in [0.5, 0.6) is 5.75 Å². The van der Waals surface area contributed by atoms with E-state index in [1.807, 2.05) is 0 Å². The Hall–Kier alpha value is -2.08. The molecule has 0 saturated heterocycles. The Labute approximate surface area is 94.5 Å². The molecule has 82 valence electrons. The maximum atomic E-state index is 12.7. The molecule has 0 aromatic heterocycles. The van der Waals surface area contributed by atoms with Crippen molar-refractivity contribution in [3.8, 4) is 18.1 Å². The largest absolute Gasteiger partial charge is 0.481 e. The van der Waals surface area contributed by atoms with Crippen LogP contribution in [0.4, 0.5) is 10.1 Å². The van der Waals surface area contributed by atoms with Crippen LogP contribution in [0.2, 0.25) is 0 Å². The molecule has 0 aliphatic rings. The van der Waals surface area contributed by atoms with Crippen molar-refractivity contribution in [1.29, 1.82) is 0 Å². The van der Waals surface area contributed by atoms with Crippen molar-refractivity contribution in [2.75, 3.05) is 6.61 Å². The lowest BCUT2D eigenvalue weighted by molar-refractivity contribution is 0.370. The fourth-order valence-electron chi connectivity index (χ4n) is 0.996. The minimum absolute atomic E-state index is 0.225. The number of aliphatic imine (C=N–C) groups is 1. The summed E-state index contributed by atoms with van der Waals surface area (Å²) in [6.07, 6.45) is 5.06. The molecule has 1 aromatic rings. The van der Waals surface area contributed by atoms with Crippen LogP contribution in [-0.2, 0) is 0 Å². The summed E-state index contributed by atoms with van der Waals surface area (Å²) in [4.78, 5) is 4.03. The Bertz CT molecular complexity index is 440. The standard InChI is InChI=1S/C13H12FNO/c1-4-9-16-13-7-5-12(6-8-13)15-11(3)10(2)14/h1,5-8H,2,9H2,3H3. The molecule has 0 atom stereocenters. The molecule has 2 nitrogen and oxygen atoms in total. The molecule has 0 spiro atoms. The van der Waals surface area contributed by atoms with E-state index in [1.165, 1.54) is 0 Å². The summed E-state index contributed by atoms with van der Waals surface area (Å²) in [5.74, 6) is 2.49. The van der Waals surface area contributed by atoms with E-state index in [-0.39, 0.29) is 12.3 Å². The number of halogens is 1. The smallest absolute Gasteiger partial charge is 0.148 e. The van der Waals surface area contributed by atoms with Crippen LogP contribution in [-0.4, -0.2) is 12.3 Å². The number of terminal acetylenes is 1. The van der Waals surface area contributed by atoms with Crippen molar-refractivity contribution in [3.05, 3.63) is 36.7 Å². The predicted molar refractivity (Wildman–Crippen MR) is 63.8 cm³/mol. The summed E-state index contributed by atoms with van der Waals surface area (Å²) < 4.78 is 17.8. The lowest BCUT2D eigenvalue weighted by Gasteiger charge is -2.02. The van der Waals surface area contributed by atoms with Gasteiger partial charge in [-0.15, -0.1) is 6.42 Å². The van der Waals surface area contributed by atoms with Gasteiger partial charge in [-0.1, -0.05) is 12.5 Å². The van der Waals surface area contributed by atoms with Crippen molar-refractivity contribution in [1.82, 2.24) is 0 Å².